The number of hydrogen-bond acceptors (Lipinski definition) is 6. The van der Waals surface area contributed by atoms with Crippen molar-refractivity contribution in [3.05, 3.63) is 28.3 Å². The van der Waals surface area contributed by atoms with Crippen LogP contribution in [0.25, 0.3) is 0 Å². The van der Waals surface area contributed by atoms with Gasteiger partial charge in [-0.15, -0.1) is 0 Å². The van der Waals surface area contributed by atoms with Crippen LogP contribution in [0.4, 0.5) is 17.1 Å². The summed E-state index contributed by atoms with van der Waals surface area (Å²) in [6, 6.07) is 5.27. The SMILES string of the molecule is O=[N+]([O-])c1ccc(N2CCCC2)cc1NN=C1[C@@H]2CC3C[C@H]1CC(O)(C3)C2. The van der Waals surface area contributed by atoms with Gasteiger partial charge in [-0.05, 0) is 63.0 Å². The monoisotopic (exact) mass is 370 g/mol. The Morgan fingerprint density at radius 2 is 1.89 bits per heavy atom. The normalized spacial score (nSPS) is 35.8. The third-order valence-corrected chi connectivity index (χ3v) is 6.95. The summed E-state index contributed by atoms with van der Waals surface area (Å²) >= 11 is 0. The van der Waals surface area contributed by atoms with Gasteiger partial charge in [-0.3, -0.25) is 15.5 Å². The maximum Gasteiger partial charge on any atom is 0.294 e. The summed E-state index contributed by atoms with van der Waals surface area (Å²) in [6.07, 6.45) is 7.02. The highest BCUT2D eigenvalue weighted by molar-refractivity contribution is 5.92. The summed E-state index contributed by atoms with van der Waals surface area (Å²) in [7, 11) is 0. The molecular formula is C20H26N4O3. The molecule has 144 valence electrons. The van der Waals surface area contributed by atoms with Crippen molar-refractivity contribution < 1.29 is 10.0 Å². The average molecular weight is 370 g/mol. The lowest BCUT2D eigenvalue weighted by molar-refractivity contribution is -0.383. The number of nitrogens with zero attached hydrogens (tertiary/aromatic N) is 3. The van der Waals surface area contributed by atoms with Gasteiger partial charge >= 0.3 is 0 Å². The number of anilines is 2. The number of nitro groups is 1. The lowest BCUT2D eigenvalue weighted by Gasteiger charge is -2.54. The van der Waals surface area contributed by atoms with E-state index < -0.39 is 5.60 Å². The van der Waals surface area contributed by atoms with Gasteiger partial charge in [-0.1, -0.05) is 0 Å². The quantitative estimate of drug-likeness (QED) is 0.625. The highest BCUT2D eigenvalue weighted by Gasteiger charge is 2.53. The van der Waals surface area contributed by atoms with Gasteiger partial charge in [0.25, 0.3) is 5.69 Å². The van der Waals surface area contributed by atoms with Crippen molar-refractivity contribution in [1.82, 2.24) is 0 Å². The van der Waals surface area contributed by atoms with Gasteiger partial charge in [0.1, 0.15) is 5.69 Å². The number of benzene rings is 1. The van der Waals surface area contributed by atoms with E-state index in [1.54, 1.807) is 6.07 Å². The highest BCUT2D eigenvalue weighted by Crippen LogP contribution is 2.54. The number of hydrogen-bond donors (Lipinski definition) is 2. The third-order valence-electron chi connectivity index (χ3n) is 6.95. The van der Waals surface area contributed by atoms with E-state index in [-0.39, 0.29) is 10.6 Å². The van der Waals surface area contributed by atoms with Gasteiger partial charge in [-0.25, -0.2) is 0 Å². The van der Waals surface area contributed by atoms with Crippen LogP contribution < -0.4 is 10.3 Å². The van der Waals surface area contributed by atoms with Gasteiger partial charge in [0.05, 0.1) is 10.5 Å². The van der Waals surface area contributed by atoms with Crippen molar-refractivity contribution in [2.75, 3.05) is 23.4 Å². The smallest absolute Gasteiger partial charge is 0.294 e. The van der Waals surface area contributed by atoms with Crippen molar-refractivity contribution in [3.63, 3.8) is 0 Å². The molecule has 4 bridgehead atoms. The number of nitro benzene ring substituents is 1. The van der Waals surface area contributed by atoms with Crippen molar-refractivity contribution in [3.8, 4) is 0 Å². The standard InChI is InChI=1S/C20H26N4O3/c25-20-10-13-7-14(11-20)19(15(8-13)12-20)22-21-17-9-16(23-5-1-2-6-23)3-4-18(17)24(26)27/h3-4,9,13-15,21,25H,1-2,5-8,10-12H2/t13?,14-,15+,20?. The molecule has 0 radical (unpaired) electrons. The maximum absolute atomic E-state index is 11.5. The minimum Gasteiger partial charge on any atom is -0.390 e. The molecule has 5 aliphatic rings. The zero-order chi connectivity index (χ0) is 18.6. The van der Waals surface area contributed by atoms with E-state index in [4.69, 9.17) is 0 Å². The maximum atomic E-state index is 11.5. The van der Waals surface area contributed by atoms with Crippen LogP contribution in [0, 0.1) is 27.9 Å². The molecule has 7 heteroatoms. The summed E-state index contributed by atoms with van der Waals surface area (Å²) < 4.78 is 0. The molecule has 6 rings (SSSR count). The van der Waals surface area contributed by atoms with E-state index in [0.29, 0.717) is 23.4 Å². The van der Waals surface area contributed by atoms with Gasteiger partial charge in [0.15, 0.2) is 0 Å². The average Bonchev–Trinajstić information content (AvgIpc) is 3.14. The van der Waals surface area contributed by atoms with E-state index in [9.17, 15) is 15.2 Å². The molecule has 1 aromatic rings. The molecule has 5 fully saturated rings. The van der Waals surface area contributed by atoms with Crippen LogP contribution in [0.3, 0.4) is 0 Å². The van der Waals surface area contributed by atoms with Crippen LogP contribution in [0.1, 0.15) is 44.9 Å². The van der Waals surface area contributed by atoms with Crippen LogP contribution in [0.15, 0.2) is 23.3 Å². The summed E-state index contributed by atoms with van der Waals surface area (Å²) in [5, 5.41) is 26.8. The fourth-order valence-electron chi connectivity index (χ4n) is 5.98. The predicted octanol–water partition coefficient (Wildman–Crippen LogP) is 3.53. The molecular weight excluding hydrogens is 344 g/mol. The Hall–Kier alpha value is -2.15. The minimum atomic E-state index is -0.503. The molecule has 1 aliphatic heterocycles. The Bertz CT molecular complexity index is 784. The first-order chi connectivity index (χ1) is 13.0. The van der Waals surface area contributed by atoms with Crippen molar-refractivity contribution in [2.24, 2.45) is 22.9 Å². The Kier molecular flexibility index (Phi) is 3.89. The lowest BCUT2D eigenvalue weighted by atomic mass is 9.53. The van der Waals surface area contributed by atoms with Gasteiger partial charge in [0.2, 0.25) is 0 Å². The van der Waals surface area contributed by atoms with Gasteiger partial charge in [-0.2, -0.15) is 5.10 Å². The van der Waals surface area contributed by atoms with Gasteiger partial charge in [0, 0.05) is 42.4 Å². The largest absolute Gasteiger partial charge is 0.390 e. The zero-order valence-electron chi connectivity index (χ0n) is 15.4. The second-order valence-corrected chi connectivity index (χ2v) is 8.87. The molecule has 1 aromatic carbocycles. The van der Waals surface area contributed by atoms with Crippen LogP contribution in [0.5, 0.6) is 0 Å². The Morgan fingerprint density at radius 3 is 2.52 bits per heavy atom. The first-order valence-electron chi connectivity index (χ1n) is 10.1. The molecule has 4 aliphatic carbocycles. The molecule has 2 N–H and O–H groups in total. The van der Waals surface area contributed by atoms with Crippen molar-refractivity contribution >= 4 is 22.8 Å². The molecule has 0 aromatic heterocycles. The fraction of sp³-hybridized carbons (Fsp3) is 0.650. The molecule has 2 unspecified atom stereocenters. The summed E-state index contributed by atoms with van der Waals surface area (Å²) in [5.74, 6) is 1.24. The van der Waals surface area contributed by atoms with Crippen LogP contribution in [0.2, 0.25) is 0 Å². The Morgan fingerprint density at radius 1 is 1.19 bits per heavy atom. The van der Waals surface area contributed by atoms with E-state index >= 15 is 0 Å². The lowest BCUT2D eigenvalue weighted by Crippen LogP contribution is -2.55. The molecule has 0 amide bonds. The summed E-state index contributed by atoms with van der Waals surface area (Å²) in [6.45, 7) is 1.99. The van der Waals surface area contributed by atoms with E-state index in [1.165, 1.54) is 0 Å². The minimum absolute atomic E-state index is 0.0599. The molecule has 0 spiro atoms. The second-order valence-electron chi connectivity index (χ2n) is 8.87. The van der Waals surface area contributed by atoms with E-state index in [2.05, 4.69) is 15.4 Å². The first-order valence-corrected chi connectivity index (χ1v) is 10.1. The highest BCUT2D eigenvalue weighted by atomic mass is 16.6. The molecule has 27 heavy (non-hydrogen) atoms. The molecule has 7 nitrogen and oxygen atoms in total. The molecule has 4 saturated carbocycles. The third kappa shape index (κ3) is 2.98. The summed E-state index contributed by atoms with van der Waals surface area (Å²) in [5.41, 5.74) is 5.18. The van der Waals surface area contributed by atoms with Crippen LogP contribution >= 0.6 is 0 Å². The summed E-state index contributed by atoms with van der Waals surface area (Å²) in [4.78, 5) is 13.4. The van der Waals surface area contributed by atoms with Crippen LogP contribution in [-0.2, 0) is 0 Å². The molecule has 1 heterocycles. The van der Waals surface area contributed by atoms with E-state index in [1.807, 2.05) is 12.1 Å². The fourth-order valence-corrected chi connectivity index (χ4v) is 5.98. The van der Waals surface area contributed by atoms with Crippen LogP contribution in [-0.4, -0.2) is 34.4 Å². The predicted molar refractivity (Wildman–Crippen MR) is 104 cm³/mol. The van der Waals surface area contributed by atoms with E-state index in [0.717, 1.165) is 69.4 Å². The first kappa shape index (κ1) is 17.0. The zero-order valence-corrected chi connectivity index (χ0v) is 15.4. The Labute approximate surface area is 158 Å². The Balaban J connectivity index is 1.42. The van der Waals surface area contributed by atoms with Crippen molar-refractivity contribution in [1.29, 1.82) is 0 Å². The number of hydrazone groups is 1. The second kappa shape index (κ2) is 6.19. The topological polar surface area (TPSA) is 91.0 Å². The molecule has 1 saturated heterocycles. The van der Waals surface area contributed by atoms with Crippen molar-refractivity contribution in [2.45, 2.75) is 50.5 Å². The number of rotatable bonds is 4. The number of nitrogens with one attached hydrogen (secondary N) is 1. The molecule has 4 atom stereocenters. The number of aliphatic hydroxyl groups is 1. The van der Waals surface area contributed by atoms with Gasteiger partial charge < -0.3 is 10.0 Å².